The van der Waals surface area contributed by atoms with Gasteiger partial charge in [-0.1, -0.05) is 0 Å². The van der Waals surface area contributed by atoms with E-state index in [2.05, 4.69) is 0 Å². The van der Waals surface area contributed by atoms with Crippen molar-refractivity contribution in [3.63, 3.8) is 0 Å². The fourth-order valence-corrected chi connectivity index (χ4v) is 1.48. The van der Waals surface area contributed by atoms with Crippen molar-refractivity contribution in [3.8, 4) is 0 Å². The van der Waals surface area contributed by atoms with Crippen molar-refractivity contribution in [3.05, 3.63) is 34.2 Å². The first kappa shape index (κ1) is 14.2. The van der Waals surface area contributed by atoms with Crippen LogP contribution < -0.4 is 5.56 Å². The van der Waals surface area contributed by atoms with E-state index in [0.29, 0.717) is 4.57 Å². The number of aliphatic hydroxyl groups excluding tert-OH is 1. The number of nitrogens with zero attached hydrogens (tertiary/aromatic N) is 1. The van der Waals surface area contributed by atoms with Crippen LogP contribution in [0.15, 0.2) is 23.1 Å². The van der Waals surface area contributed by atoms with Crippen LogP contribution in [-0.4, -0.2) is 33.5 Å². The number of aromatic carboxylic acids is 1. The number of halogens is 3. The van der Waals surface area contributed by atoms with Crippen molar-refractivity contribution in [1.29, 1.82) is 0 Å². The van der Waals surface area contributed by atoms with Gasteiger partial charge in [0.2, 0.25) is 0 Å². The second-order valence-corrected chi connectivity index (χ2v) is 3.60. The Morgan fingerprint density at radius 3 is 2.50 bits per heavy atom. The van der Waals surface area contributed by atoms with Crippen LogP contribution in [0.25, 0.3) is 0 Å². The molecular weight excluding hydrogens is 255 g/mol. The molecule has 5 nitrogen and oxygen atoms in total. The molecule has 0 radical (unpaired) electrons. The van der Waals surface area contributed by atoms with E-state index < -0.39 is 42.3 Å². The van der Waals surface area contributed by atoms with Gasteiger partial charge in [-0.25, -0.2) is 4.79 Å². The second-order valence-electron chi connectivity index (χ2n) is 3.60. The van der Waals surface area contributed by atoms with Gasteiger partial charge in [0.05, 0.1) is 19.1 Å². The van der Waals surface area contributed by atoms with Crippen molar-refractivity contribution >= 4 is 5.97 Å². The third-order valence-corrected chi connectivity index (χ3v) is 2.28. The van der Waals surface area contributed by atoms with Gasteiger partial charge in [-0.3, -0.25) is 4.79 Å². The molecule has 100 valence electrons. The van der Waals surface area contributed by atoms with Gasteiger partial charge in [0, 0.05) is 6.20 Å². The molecule has 0 fully saturated rings. The number of rotatable bonds is 4. The lowest BCUT2D eigenvalue weighted by Crippen LogP contribution is -2.32. The molecule has 1 atom stereocenters. The molecular formula is C10H10F3NO4. The highest BCUT2D eigenvalue weighted by Crippen LogP contribution is 2.26. The Labute approximate surface area is 99.1 Å². The smallest absolute Gasteiger partial charge is 0.391 e. The van der Waals surface area contributed by atoms with Crippen molar-refractivity contribution in [1.82, 2.24) is 4.57 Å². The van der Waals surface area contributed by atoms with Gasteiger partial charge < -0.3 is 14.8 Å². The molecule has 0 spiro atoms. The highest BCUT2D eigenvalue weighted by molar-refractivity contribution is 5.86. The van der Waals surface area contributed by atoms with Gasteiger partial charge in [0.25, 0.3) is 5.56 Å². The molecule has 0 amide bonds. The van der Waals surface area contributed by atoms with E-state index in [-0.39, 0.29) is 0 Å². The first-order valence-electron chi connectivity index (χ1n) is 4.88. The third-order valence-electron chi connectivity index (χ3n) is 2.28. The number of alkyl halides is 3. The van der Waals surface area contributed by atoms with Gasteiger partial charge in [0.15, 0.2) is 0 Å². The third kappa shape index (κ3) is 3.33. The van der Waals surface area contributed by atoms with E-state index in [4.69, 9.17) is 10.2 Å². The summed E-state index contributed by atoms with van der Waals surface area (Å²) in [6, 6.07) is 0.601. The second kappa shape index (κ2) is 5.21. The van der Waals surface area contributed by atoms with Gasteiger partial charge in [-0.05, 0) is 12.1 Å². The zero-order valence-corrected chi connectivity index (χ0v) is 9.02. The Bertz CT molecular complexity index is 495. The fraction of sp³-hybridized carbons (Fsp3) is 0.400. The minimum absolute atomic E-state index is 0.580. The number of hydrogen-bond acceptors (Lipinski definition) is 3. The molecule has 0 aliphatic heterocycles. The molecule has 0 bridgehead atoms. The number of hydrogen-bond donors (Lipinski definition) is 2. The summed E-state index contributed by atoms with van der Waals surface area (Å²) in [6.45, 7) is -0.914. The molecule has 1 aromatic rings. The molecule has 1 unspecified atom stereocenters. The minimum Gasteiger partial charge on any atom is -0.477 e. The fourth-order valence-electron chi connectivity index (χ4n) is 1.48. The number of aliphatic hydroxyl groups is 1. The van der Waals surface area contributed by atoms with E-state index >= 15 is 0 Å². The highest BCUT2D eigenvalue weighted by atomic mass is 19.4. The predicted molar refractivity (Wildman–Crippen MR) is 54.5 cm³/mol. The average Bonchev–Trinajstić information content (AvgIpc) is 2.25. The number of aromatic nitrogens is 1. The molecule has 0 aromatic carbocycles. The maximum atomic E-state index is 12.2. The number of carbonyl (C=O) groups is 1. The number of carboxylic acids is 1. The monoisotopic (exact) mass is 265 g/mol. The molecule has 1 heterocycles. The summed E-state index contributed by atoms with van der Waals surface area (Å²) in [7, 11) is 0. The lowest BCUT2D eigenvalue weighted by Gasteiger charge is -2.19. The summed E-state index contributed by atoms with van der Waals surface area (Å²) in [4.78, 5) is 22.3. The van der Waals surface area contributed by atoms with Crippen molar-refractivity contribution in [2.45, 2.75) is 18.6 Å². The molecule has 0 saturated carbocycles. The normalized spacial score (nSPS) is 13.3. The summed E-state index contributed by atoms with van der Waals surface area (Å²) in [5.74, 6) is -1.53. The summed E-state index contributed by atoms with van der Waals surface area (Å²) in [5, 5.41) is 17.6. The van der Waals surface area contributed by atoms with Gasteiger partial charge in [0.1, 0.15) is 5.56 Å². The van der Waals surface area contributed by atoms with E-state index in [9.17, 15) is 22.8 Å². The molecule has 0 aliphatic carbocycles. The van der Waals surface area contributed by atoms with Crippen LogP contribution >= 0.6 is 0 Å². The van der Waals surface area contributed by atoms with Crippen molar-refractivity contribution < 1.29 is 28.2 Å². The van der Waals surface area contributed by atoms with Gasteiger partial charge >= 0.3 is 12.1 Å². The molecule has 0 saturated heterocycles. The molecule has 18 heavy (non-hydrogen) atoms. The van der Waals surface area contributed by atoms with Crippen LogP contribution in [0, 0.1) is 0 Å². The van der Waals surface area contributed by atoms with Crippen molar-refractivity contribution in [2.24, 2.45) is 0 Å². The zero-order chi connectivity index (χ0) is 13.9. The first-order chi connectivity index (χ1) is 8.26. The minimum atomic E-state index is -4.56. The van der Waals surface area contributed by atoms with Crippen LogP contribution in [0.4, 0.5) is 13.2 Å². The maximum absolute atomic E-state index is 12.2. The van der Waals surface area contributed by atoms with E-state index in [1.807, 2.05) is 0 Å². The van der Waals surface area contributed by atoms with E-state index in [1.165, 1.54) is 0 Å². The lowest BCUT2D eigenvalue weighted by atomic mass is 10.2. The summed E-state index contributed by atoms with van der Waals surface area (Å²) in [5.41, 5.74) is -1.72. The first-order valence-corrected chi connectivity index (χ1v) is 4.88. The lowest BCUT2D eigenvalue weighted by molar-refractivity contribution is -0.145. The molecule has 0 aliphatic rings. The van der Waals surface area contributed by atoms with E-state index in [1.54, 1.807) is 0 Å². The highest BCUT2D eigenvalue weighted by Gasteiger charge is 2.33. The summed E-state index contributed by atoms with van der Waals surface area (Å²) in [6.07, 6.45) is -4.96. The zero-order valence-electron chi connectivity index (χ0n) is 9.02. The Kier molecular flexibility index (Phi) is 4.12. The Morgan fingerprint density at radius 2 is 2.06 bits per heavy atom. The Balaban J connectivity index is 3.19. The van der Waals surface area contributed by atoms with E-state index in [0.717, 1.165) is 18.3 Å². The maximum Gasteiger partial charge on any atom is 0.391 e. The topological polar surface area (TPSA) is 79.5 Å². The number of carboxylic acid groups (broad SMARTS) is 1. The van der Waals surface area contributed by atoms with Crippen LogP contribution in [-0.2, 0) is 0 Å². The Morgan fingerprint density at radius 1 is 1.44 bits per heavy atom. The Hall–Kier alpha value is -1.83. The van der Waals surface area contributed by atoms with Crippen LogP contribution in [0.2, 0.25) is 0 Å². The van der Waals surface area contributed by atoms with Gasteiger partial charge in [-0.15, -0.1) is 0 Å². The molecule has 1 aromatic heterocycles. The van der Waals surface area contributed by atoms with Crippen molar-refractivity contribution in [2.75, 3.05) is 6.61 Å². The molecule has 8 heteroatoms. The predicted octanol–water partition coefficient (Wildman–Crippen LogP) is 1.03. The largest absolute Gasteiger partial charge is 0.477 e. The average molecular weight is 265 g/mol. The van der Waals surface area contributed by atoms with Crippen LogP contribution in [0.1, 0.15) is 22.8 Å². The van der Waals surface area contributed by atoms with Crippen LogP contribution in [0.3, 0.4) is 0 Å². The summed E-state index contributed by atoms with van der Waals surface area (Å²) >= 11 is 0. The number of pyridine rings is 1. The SMILES string of the molecule is O=C(O)c1cccn(C(CO)CC(F)(F)F)c1=O. The quantitative estimate of drug-likeness (QED) is 0.852. The summed E-state index contributed by atoms with van der Waals surface area (Å²) < 4.78 is 37.3. The molecule has 1 rings (SSSR count). The van der Waals surface area contributed by atoms with Crippen LogP contribution in [0.5, 0.6) is 0 Å². The standard InChI is InChI=1S/C10H10F3NO4/c11-10(12,13)4-6(5-15)14-3-1-2-7(8(14)16)9(17)18/h1-3,6,15H,4-5H2,(H,17,18). The van der Waals surface area contributed by atoms with Gasteiger partial charge in [-0.2, -0.15) is 13.2 Å². The molecule has 2 N–H and O–H groups in total.